The number of alkyl carbamates (subject to hydrolysis) is 1. The van der Waals surface area contributed by atoms with Crippen molar-refractivity contribution in [2.45, 2.75) is 46.3 Å². The first-order chi connectivity index (χ1) is 11.1. The molecule has 1 aromatic rings. The molecule has 1 aliphatic rings. The average Bonchev–Trinajstić information content (AvgIpc) is 2.54. The van der Waals surface area contributed by atoms with Crippen LogP contribution in [0.15, 0.2) is 18.2 Å². The van der Waals surface area contributed by atoms with E-state index >= 15 is 0 Å². The topological polar surface area (TPSA) is 87.7 Å². The van der Waals surface area contributed by atoms with Crippen molar-refractivity contribution in [3.63, 3.8) is 0 Å². The first kappa shape index (κ1) is 17.8. The van der Waals surface area contributed by atoms with Crippen LogP contribution in [0.25, 0.3) is 0 Å². The van der Waals surface area contributed by atoms with Gasteiger partial charge in [-0.15, -0.1) is 0 Å². The second-order valence-corrected chi connectivity index (χ2v) is 6.84. The van der Waals surface area contributed by atoms with E-state index in [-0.39, 0.29) is 12.5 Å². The highest BCUT2D eigenvalue weighted by atomic mass is 16.6. The summed E-state index contributed by atoms with van der Waals surface area (Å²) < 4.78 is 5.19. The number of carbonyl (C=O) groups is 3. The summed E-state index contributed by atoms with van der Waals surface area (Å²) in [6.07, 6.45) is -0.701. The molecule has 1 unspecified atom stereocenters. The van der Waals surface area contributed by atoms with Crippen molar-refractivity contribution in [2.75, 3.05) is 16.8 Å². The Hall–Kier alpha value is -2.57. The molecule has 24 heavy (non-hydrogen) atoms. The molecule has 2 N–H and O–H groups in total. The number of rotatable bonds is 1. The highest BCUT2D eigenvalue weighted by Gasteiger charge is 2.32. The molecule has 1 heterocycles. The largest absolute Gasteiger partial charge is 0.444 e. The van der Waals surface area contributed by atoms with Crippen LogP contribution in [0.4, 0.5) is 16.2 Å². The molecule has 7 heteroatoms. The van der Waals surface area contributed by atoms with Gasteiger partial charge in [-0.05, 0) is 45.4 Å². The van der Waals surface area contributed by atoms with Crippen LogP contribution in [0.3, 0.4) is 0 Å². The summed E-state index contributed by atoms with van der Waals surface area (Å²) in [5.74, 6) is -0.607. The molecule has 1 aliphatic heterocycles. The summed E-state index contributed by atoms with van der Waals surface area (Å²) in [7, 11) is 0. The number of aryl methyl sites for hydroxylation is 1. The smallest absolute Gasteiger partial charge is 0.408 e. The van der Waals surface area contributed by atoms with Crippen LogP contribution in [0.2, 0.25) is 0 Å². The van der Waals surface area contributed by atoms with Gasteiger partial charge < -0.3 is 20.3 Å². The van der Waals surface area contributed by atoms with E-state index in [1.165, 1.54) is 11.8 Å². The third kappa shape index (κ3) is 4.24. The summed E-state index contributed by atoms with van der Waals surface area (Å²) >= 11 is 0. The Labute approximate surface area is 141 Å². The molecule has 7 nitrogen and oxygen atoms in total. The van der Waals surface area contributed by atoms with Crippen molar-refractivity contribution < 1.29 is 19.1 Å². The second kappa shape index (κ2) is 6.51. The Bertz CT molecular complexity index is 679. The summed E-state index contributed by atoms with van der Waals surface area (Å²) in [4.78, 5) is 37.9. The lowest BCUT2D eigenvalue weighted by atomic mass is 10.1. The first-order valence-electron chi connectivity index (χ1n) is 7.76. The molecule has 2 rings (SSSR count). The van der Waals surface area contributed by atoms with Crippen LogP contribution < -0.4 is 15.5 Å². The van der Waals surface area contributed by atoms with E-state index in [4.69, 9.17) is 4.74 Å². The zero-order chi connectivity index (χ0) is 18.1. The van der Waals surface area contributed by atoms with Crippen LogP contribution in [0.1, 0.15) is 33.3 Å². The molecular formula is C17H23N3O4. The van der Waals surface area contributed by atoms with Gasteiger partial charge in [-0.3, -0.25) is 9.59 Å². The highest BCUT2D eigenvalue weighted by Crippen LogP contribution is 2.30. The van der Waals surface area contributed by atoms with E-state index in [0.29, 0.717) is 11.4 Å². The SMILES string of the molecule is CC(=O)N1CC(NC(=O)OC(C)(C)C)C(=O)Nc2cc(C)ccc21. The Morgan fingerprint density at radius 2 is 2.00 bits per heavy atom. The maximum absolute atomic E-state index is 12.4. The summed E-state index contributed by atoms with van der Waals surface area (Å²) in [6.45, 7) is 8.56. The molecule has 0 fully saturated rings. The van der Waals surface area contributed by atoms with Crippen molar-refractivity contribution in [3.8, 4) is 0 Å². The Balaban J connectivity index is 2.26. The van der Waals surface area contributed by atoms with Gasteiger partial charge in [0.25, 0.3) is 0 Å². The fourth-order valence-corrected chi connectivity index (χ4v) is 2.43. The number of ether oxygens (including phenoxy) is 1. The van der Waals surface area contributed by atoms with Crippen molar-refractivity contribution >= 4 is 29.3 Å². The van der Waals surface area contributed by atoms with Crippen LogP contribution in [-0.4, -0.2) is 36.1 Å². The normalized spacial score (nSPS) is 17.5. The van der Waals surface area contributed by atoms with E-state index in [1.807, 2.05) is 13.0 Å². The minimum absolute atomic E-state index is 0.0382. The highest BCUT2D eigenvalue weighted by molar-refractivity contribution is 6.06. The fraction of sp³-hybridized carbons (Fsp3) is 0.471. The average molecular weight is 333 g/mol. The number of anilines is 2. The monoisotopic (exact) mass is 333 g/mol. The molecule has 0 aromatic heterocycles. The molecule has 0 bridgehead atoms. The van der Waals surface area contributed by atoms with Crippen LogP contribution in [0, 0.1) is 6.92 Å². The number of hydrogen-bond acceptors (Lipinski definition) is 4. The number of carbonyl (C=O) groups excluding carboxylic acids is 3. The molecule has 3 amide bonds. The zero-order valence-electron chi connectivity index (χ0n) is 14.6. The maximum Gasteiger partial charge on any atom is 0.408 e. The minimum Gasteiger partial charge on any atom is -0.444 e. The van der Waals surface area contributed by atoms with E-state index < -0.39 is 23.6 Å². The second-order valence-electron chi connectivity index (χ2n) is 6.84. The molecule has 0 spiro atoms. The predicted octanol–water partition coefficient (Wildman–Crippen LogP) is 2.19. The lowest BCUT2D eigenvalue weighted by Crippen LogP contribution is -2.51. The van der Waals surface area contributed by atoms with E-state index in [9.17, 15) is 14.4 Å². The Kier molecular flexibility index (Phi) is 4.82. The van der Waals surface area contributed by atoms with E-state index in [0.717, 1.165) is 5.56 Å². The third-order valence-corrected chi connectivity index (χ3v) is 3.45. The quantitative estimate of drug-likeness (QED) is 0.825. The van der Waals surface area contributed by atoms with E-state index in [2.05, 4.69) is 10.6 Å². The number of nitrogens with one attached hydrogen (secondary N) is 2. The Morgan fingerprint density at radius 3 is 2.58 bits per heavy atom. The molecule has 1 aromatic carbocycles. The van der Waals surface area contributed by atoms with Gasteiger partial charge in [0, 0.05) is 6.92 Å². The fourth-order valence-electron chi connectivity index (χ4n) is 2.43. The molecule has 0 aliphatic carbocycles. The van der Waals surface area contributed by atoms with Gasteiger partial charge in [-0.1, -0.05) is 6.07 Å². The summed E-state index contributed by atoms with van der Waals surface area (Å²) in [5, 5.41) is 5.30. The number of amides is 3. The Morgan fingerprint density at radius 1 is 1.33 bits per heavy atom. The van der Waals surface area contributed by atoms with Crippen LogP contribution in [-0.2, 0) is 14.3 Å². The van der Waals surface area contributed by atoms with Gasteiger partial charge in [0.1, 0.15) is 11.6 Å². The minimum atomic E-state index is -0.906. The zero-order valence-corrected chi connectivity index (χ0v) is 14.6. The first-order valence-corrected chi connectivity index (χ1v) is 7.76. The maximum atomic E-state index is 12.4. The molecular weight excluding hydrogens is 310 g/mol. The van der Waals surface area contributed by atoms with Gasteiger partial charge in [0.05, 0.1) is 17.9 Å². The summed E-state index contributed by atoms with van der Waals surface area (Å²) in [6, 6.07) is 4.53. The molecule has 0 saturated carbocycles. The number of fused-ring (bicyclic) bond motifs is 1. The van der Waals surface area contributed by atoms with Gasteiger partial charge in [-0.25, -0.2) is 4.79 Å². The van der Waals surface area contributed by atoms with Crippen molar-refractivity contribution in [1.29, 1.82) is 0 Å². The van der Waals surface area contributed by atoms with E-state index in [1.54, 1.807) is 32.9 Å². The lowest BCUT2D eigenvalue weighted by molar-refractivity contribution is -0.118. The molecule has 0 radical (unpaired) electrons. The van der Waals surface area contributed by atoms with Crippen molar-refractivity contribution in [2.24, 2.45) is 0 Å². The van der Waals surface area contributed by atoms with Crippen LogP contribution in [0.5, 0.6) is 0 Å². The van der Waals surface area contributed by atoms with Crippen molar-refractivity contribution in [3.05, 3.63) is 23.8 Å². The lowest BCUT2D eigenvalue weighted by Gasteiger charge is -2.25. The number of benzene rings is 1. The van der Waals surface area contributed by atoms with Crippen molar-refractivity contribution in [1.82, 2.24) is 5.32 Å². The van der Waals surface area contributed by atoms with Gasteiger partial charge >= 0.3 is 6.09 Å². The van der Waals surface area contributed by atoms with Gasteiger partial charge in [0.15, 0.2) is 0 Å². The van der Waals surface area contributed by atoms with Gasteiger partial charge in [0.2, 0.25) is 11.8 Å². The summed E-state index contributed by atoms with van der Waals surface area (Å²) in [5.41, 5.74) is 1.43. The van der Waals surface area contributed by atoms with Crippen LogP contribution >= 0.6 is 0 Å². The third-order valence-electron chi connectivity index (χ3n) is 3.45. The molecule has 130 valence electrons. The number of hydrogen-bond donors (Lipinski definition) is 2. The number of nitrogens with zero attached hydrogens (tertiary/aromatic N) is 1. The standard InChI is InChI=1S/C17H23N3O4/c1-10-6-7-14-12(8-10)18-15(22)13(9-20(14)11(2)21)19-16(23)24-17(3,4)5/h6-8,13H,9H2,1-5H3,(H,18,22)(H,19,23). The predicted molar refractivity (Wildman–Crippen MR) is 91.0 cm³/mol. The molecule has 1 atom stereocenters. The molecule has 0 saturated heterocycles. The van der Waals surface area contributed by atoms with Gasteiger partial charge in [-0.2, -0.15) is 0 Å².